The number of hydrogen-bond acceptors (Lipinski definition) is 1. The minimum Gasteiger partial charge on any atom is -0.256 e. The van der Waals surface area contributed by atoms with Crippen LogP contribution >= 0.6 is 0 Å². The minimum atomic E-state index is -0.256. The van der Waals surface area contributed by atoms with Gasteiger partial charge in [-0.2, -0.15) is 0 Å². The van der Waals surface area contributed by atoms with Crippen molar-refractivity contribution in [2.45, 2.75) is 12.8 Å². The topological polar surface area (TPSA) is 12.9 Å². The number of aromatic nitrogens is 1. The van der Waals surface area contributed by atoms with Crippen LogP contribution in [0.1, 0.15) is 12.0 Å². The number of benzene rings is 2. The molecule has 0 atom stereocenters. The van der Waals surface area contributed by atoms with Gasteiger partial charge in [-0.3, -0.25) is 9.37 Å². The summed E-state index contributed by atoms with van der Waals surface area (Å²) in [6.45, 7) is -0.256. The molecule has 1 nitrogen and oxygen atoms in total. The van der Waals surface area contributed by atoms with Gasteiger partial charge in [-0.25, -0.2) is 0 Å². The van der Waals surface area contributed by atoms with Gasteiger partial charge < -0.3 is 0 Å². The lowest BCUT2D eigenvalue weighted by Gasteiger charge is -2.07. The molecule has 0 aliphatic heterocycles. The van der Waals surface area contributed by atoms with Gasteiger partial charge in [0.2, 0.25) is 0 Å². The molecule has 22 heavy (non-hydrogen) atoms. The van der Waals surface area contributed by atoms with Crippen molar-refractivity contribution in [1.82, 2.24) is 4.98 Å². The molecule has 0 radical (unpaired) electrons. The van der Waals surface area contributed by atoms with E-state index in [0.717, 1.165) is 17.7 Å². The number of rotatable bonds is 5. The maximum atomic E-state index is 12.2. The fourth-order valence-corrected chi connectivity index (χ4v) is 2.53. The van der Waals surface area contributed by atoms with Crippen molar-refractivity contribution < 1.29 is 4.39 Å². The monoisotopic (exact) mass is 291 g/mol. The lowest BCUT2D eigenvalue weighted by atomic mass is 9.99. The van der Waals surface area contributed by atoms with Gasteiger partial charge in [0.15, 0.2) is 0 Å². The van der Waals surface area contributed by atoms with Crippen LogP contribution in [-0.2, 0) is 6.42 Å². The highest BCUT2D eigenvalue weighted by atomic mass is 19.1. The van der Waals surface area contributed by atoms with Crippen LogP contribution in [0.25, 0.3) is 22.4 Å². The van der Waals surface area contributed by atoms with Crippen LogP contribution in [-0.4, -0.2) is 11.7 Å². The fraction of sp³-hybridized carbons (Fsp3) is 0.150. The number of hydrogen-bond donors (Lipinski definition) is 0. The molecule has 1 aromatic heterocycles. The first-order valence-corrected chi connectivity index (χ1v) is 7.53. The first-order valence-electron chi connectivity index (χ1n) is 7.53. The van der Waals surface area contributed by atoms with Crippen molar-refractivity contribution in [3.63, 3.8) is 0 Å². The second-order valence-corrected chi connectivity index (χ2v) is 5.29. The normalized spacial score (nSPS) is 10.6. The molecule has 2 heteroatoms. The first kappa shape index (κ1) is 14.5. The highest BCUT2D eigenvalue weighted by Crippen LogP contribution is 2.25. The molecule has 0 aliphatic carbocycles. The summed E-state index contributed by atoms with van der Waals surface area (Å²) in [6, 6.07) is 22.7. The number of nitrogens with zero attached hydrogens (tertiary/aromatic N) is 1. The van der Waals surface area contributed by atoms with Crippen molar-refractivity contribution in [3.05, 3.63) is 78.5 Å². The van der Waals surface area contributed by atoms with E-state index >= 15 is 0 Å². The summed E-state index contributed by atoms with van der Waals surface area (Å²) < 4.78 is 12.2. The Bertz CT molecular complexity index is 720. The van der Waals surface area contributed by atoms with Crippen molar-refractivity contribution in [2.24, 2.45) is 0 Å². The van der Waals surface area contributed by atoms with E-state index in [-0.39, 0.29) is 6.67 Å². The maximum absolute atomic E-state index is 12.2. The van der Waals surface area contributed by atoms with E-state index in [1.807, 2.05) is 24.4 Å². The van der Waals surface area contributed by atoms with E-state index in [0.29, 0.717) is 6.42 Å². The number of halogens is 1. The van der Waals surface area contributed by atoms with Gasteiger partial charge in [0, 0.05) is 11.8 Å². The molecule has 3 rings (SSSR count). The zero-order valence-electron chi connectivity index (χ0n) is 12.4. The van der Waals surface area contributed by atoms with Crippen molar-refractivity contribution in [1.29, 1.82) is 0 Å². The Morgan fingerprint density at radius 2 is 1.59 bits per heavy atom. The molecule has 0 saturated carbocycles. The van der Waals surface area contributed by atoms with Gasteiger partial charge in [0.1, 0.15) is 0 Å². The standard InChI is InChI=1S/C20H18FN/c21-13-4-5-16-9-11-17(12-10-16)18-6-3-7-19(15-18)20-8-1-2-14-22-20/h1-3,6-12,14-15H,4-5,13H2. The molecule has 0 aliphatic rings. The van der Waals surface area contributed by atoms with Gasteiger partial charge in [0.25, 0.3) is 0 Å². The largest absolute Gasteiger partial charge is 0.256 e. The summed E-state index contributed by atoms with van der Waals surface area (Å²) >= 11 is 0. The summed E-state index contributed by atoms with van der Waals surface area (Å²) in [5.74, 6) is 0. The third-order valence-corrected chi connectivity index (χ3v) is 3.71. The number of pyridine rings is 1. The Morgan fingerprint density at radius 3 is 2.32 bits per heavy atom. The summed E-state index contributed by atoms with van der Waals surface area (Å²) in [4.78, 5) is 4.40. The maximum Gasteiger partial charge on any atom is 0.0897 e. The summed E-state index contributed by atoms with van der Waals surface area (Å²) in [5.41, 5.74) is 5.60. The smallest absolute Gasteiger partial charge is 0.0897 e. The van der Waals surface area contributed by atoms with Crippen molar-refractivity contribution >= 4 is 0 Å². The minimum absolute atomic E-state index is 0.256. The fourth-order valence-electron chi connectivity index (χ4n) is 2.53. The Labute approximate surface area is 130 Å². The molecule has 0 unspecified atom stereocenters. The van der Waals surface area contributed by atoms with Crippen LogP contribution in [0, 0.1) is 0 Å². The first-order chi connectivity index (χ1) is 10.9. The predicted octanol–water partition coefficient (Wildman–Crippen LogP) is 5.32. The quantitative estimate of drug-likeness (QED) is 0.620. The zero-order chi connectivity index (χ0) is 15.2. The molecule has 1 heterocycles. The highest BCUT2D eigenvalue weighted by Gasteiger charge is 2.02. The van der Waals surface area contributed by atoms with E-state index in [9.17, 15) is 4.39 Å². The van der Waals surface area contributed by atoms with Crippen LogP contribution in [0.5, 0.6) is 0 Å². The highest BCUT2D eigenvalue weighted by molar-refractivity contribution is 5.71. The van der Waals surface area contributed by atoms with Gasteiger partial charge in [-0.15, -0.1) is 0 Å². The molecular weight excluding hydrogens is 273 g/mol. The second kappa shape index (κ2) is 6.99. The Morgan fingerprint density at radius 1 is 0.773 bits per heavy atom. The van der Waals surface area contributed by atoms with E-state index in [4.69, 9.17) is 0 Å². The van der Waals surface area contributed by atoms with E-state index in [1.165, 1.54) is 16.7 Å². The van der Waals surface area contributed by atoms with Crippen LogP contribution in [0.2, 0.25) is 0 Å². The summed E-state index contributed by atoms with van der Waals surface area (Å²) in [6.07, 6.45) is 3.20. The number of alkyl halides is 1. The average molecular weight is 291 g/mol. The van der Waals surface area contributed by atoms with Crippen LogP contribution in [0.3, 0.4) is 0 Å². The summed E-state index contributed by atoms with van der Waals surface area (Å²) in [7, 11) is 0. The van der Waals surface area contributed by atoms with Crippen molar-refractivity contribution in [2.75, 3.05) is 6.67 Å². The third-order valence-electron chi connectivity index (χ3n) is 3.71. The Hall–Kier alpha value is -2.48. The lowest BCUT2D eigenvalue weighted by molar-refractivity contribution is 0.473. The van der Waals surface area contributed by atoms with Crippen LogP contribution in [0.15, 0.2) is 72.9 Å². The average Bonchev–Trinajstić information content (AvgIpc) is 2.61. The van der Waals surface area contributed by atoms with E-state index < -0.39 is 0 Å². The third kappa shape index (κ3) is 3.40. The Kier molecular flexibility index (Phi) is 4.59. The van der Waals surface area contributed by atoms with Crippen molar-refractivity contribution in [3.8, 4) is 22.4 Å². The Balaban J connectivity index is 1.86. The molecule has 0 fully saturated rings. The van der Waals surface area contributed by atoms with Crippen LogP contribution < -0.4 is 0 Å². The molecule has 0 N–H and O–H groups in total. The van der Waals surface area contributed by atoms with E-state index in [2.05, 4.69) is 53.5 Å². The number of aryl methyl sites for hydroxylation is 1. The lowest BCUT2D eigenvalue weighted by Crippen LogP contribution is -1.87. The molecule has 2 aromatic carbocycles. The van der Waals surface area contributed by atoms with Gasteiger partial charge in [0.05, 0.1) is 12.4 Å². The van der Waals surface area contributed by atoms with Crippen LogP contribution in [0.4, 0.5) is 4.39 Å². The molecule has 0 saturated heterocycles. The second-order valence-electron chi connectivity index (χ2n) is 5.29. The van der Waals surface area contributed by atoms with Gasteiger partial charge >= 0.3 is 0 Å². The molecule has 110 valence electrons. The SMILES string of the molecule is FCCCc1ccc(-c2cccc(-c3ccccn3)c2)cc1. The molecule has 0 amide bonds. The van der Waals surface area contributed by atoms with E-state index in [1.54, 1.807) is 0 Å². The molecular formula is C20H18FN. The molecule has 0 spiro atoms. The zero-order valence-corrected chi connectivity index (χ0v) is 12.4. The molecule has 0 bridgehead atoms. The summed E-state index contributed by atoms with van der Waals surface area (Å²) in [5, 5.41) is 0. The molecule has 3 aromatic rings. The van der Waals surface area contributed by atoms with Gasteiger partial charge in [-0.05, 0) is 47.7 Å². The van der Waals surface area contributed by atoms with Gasteiger partial charge in [-0.1, -0.05) is 48.5 Å². The predicted molar refractivity (Wildman–Crippen MR) is 89.4 cm³/mol.